The lowest BCUT2D eigenvalue weighted by Crippen LogP contribution is -2.16. The van der Waals surface area contributed by atoms with E-state index in [-0.39, 0.29) is 18.3 Å². The van der Waals surface area contributed by atoms with E-state index >= 15 is 0 Å². The van der Waals surface area contributed by atoms with Gasteiger partial charge < -0.3 is 5.32 Å². The number of anilines is 1. The van der Waals surface area contributed by atoms with E-state index in [0.717, 1.165) is 11.1 Å². The van der Waals surface area contributed by atoms with Gasteiger partial charge in [0, 0.05) is 29.0 Å². The Balaban J connectivity index is 1.20. The molecule has 33 heavy (non-hydrogen) atoms. The number of carbonyl (C=O) groups is 1. The zero-order valence-corrected chi connectivity index (χ0v) is 18.0. The van der Waals surface area contributed by atoms with E-state index in [9.17, 15) is 4.79 Å². The Morgan fingerprint density at radius 2 is 1.67 bits per heavy atom. The van der Waals surface area contributed by atoms with Crippen LogP contribution in [-0.4, -0.2) is 45.7 Å². The predicted octanol–water partition coefficient (Wildman–Crippen LogP) is 3.19. The van der Waals surface area contributed by atoms with Crippen molar-refractivity contribution < 1.29 is 4.79 Å². The number of nitrogens with zero attached hydrogens (tertiary/aromatic N) is 8. The molecule has 0 aliphatic heterocycles. The number of benzene rings is 2. The van der Waals surface area contributed by atoms with Gasteiger partial charge in [-0.1, -0.05) is 54.1 Å². The molecule has 0 unspecified atom stereocenters. The molecule has 0 saturated carbocycles. The molecule has 0 spiro atoms. The summed E-state index contributed by atoms with van der Waals surface area (Å²) in [7, 11) is 0. The summed E-state index contributed by atoms with van der Waals surface area (Å²) in [5.41, 5.74) is 2.18. The smallest absolute Gasteiger partial charge is 0.277 e. The highest BCUT2D eigenvalue weighted by molar-refractivity contribution is 6.30. The first-order chi connectivity index (χ1) is 16.1. The summed E-state index contributed by atoms with van der Waals surface area (Å²) in [5.74, 6) is 0.603. The number of tetrazole rings is 1. The zero-order valence-electron chi connectivity index (χ0n) is 17.3. The van der Waals surface area contributed by atoms with Gasteiger partial charge in [-0.2, -0.15) is 10.2 Å². The van der Waals surface area contributed by atoms with Crippen LogP contribution >= 0.6 is 11.6 Å². The van der Waals surface area contributed by atoms with E-state index in [1.165, 1.54) is 4.80 Å². The van der Waals surface area contributed by atoms with Gasteiger partial charge in [0.25, 0.3) is 5.91 Å². The maximum atomic E-state index is 12.6. The molecular weight excluding hydrogens is 442 g/mol. The van der Waals surface area contributed by atoms with E-state index in [1.54, 1.807) is 33.9 Å². The first-order valence-electron chi connectivity index (χ1n) is 10.1. The van der Waals surface area contributed by atoms with Crippen LogP contribution in [-0.2, 0) is 13.2 Å². The van der Waals surface area contributed by atoms with Crippen LogP contribution in [0.4, 0.5) is 5.82 Å². The van der Waals surface area contributed by atoms with E-state index in [0.29, 0.717) is 23.2 Å². The highest BCUT2D eigenvalue weighted by atomic mass is 35.5. The standard InChI is InChI=1S/C22H18ClN9O/c23-18-8-6-16(7-9-18)14-30-13-11-20(27-30)24-22(33)19-10-12-31(26-19)15-32-28-21(25-29-32)17-4-2-1-3-5-17/h1-13H,14-15H2,(H,24,27,33). The average Bonchev–Trinajstić information content (AvgIpc) is 3.58. The molecule has 5 aromatic rings. The van der Waals surface area contributed by atoms with Crippen LogP contribution in [0.1, 0.15) is 16.1 Å². The maximum absolute atomic E-state index is 12.6. The minimum atomic E-state index is -0.359. The molecule has 0 aliphatic carbocycles. The number of carbonyl (C=O) groups excluding carboxylic acids is 1. The Morgan fingerprint density at radius 3 is 2.48 bits per heavy atom. The van der Waals surface area contributed by atoms with Crippen LogP contribution in [0.5, 0.6) is 0 Å². The second-order valence-electron chi connectivity index (χ2n) is 7.21. The molecule has 3 heterocycles. The summed E-state index contributed by atoms with van der Waals surface area (Å²) in [4.78, 5) is 14.0. The van der Waals surface area contributed by atoms with Crippen molar-refractivity contribution >= 4 is 23.3 Å². The van der Waals surface area contributed by atoms with Crippen molar-refractivity contribution in [3.63, 3.8) is 0 Å². The molecule has 11 heteroatoms. The Hall–Kier alpha value is -4.31. The Bertz CT molecular complexity index is 1370. The summed E-state index contributed by atoms with van der Waals surface area (Å²) in [6.07, 6.45) is 3.48. The molecule has 164 valence electrons. The average molecular weight is 460 g/mol. The van der Waals surface area contributed by atoms with Gasteiger partial charge in [0.15, 0.2) is 18.2 Å². The van der Waals surface area contributed by atoms with Gasteiger partial charge in [0.05, 0.1) is 6.54 Å². The van der Waals surface area contributed by atoms with Crippen molar-refractivity contribution in [1.29, 1.82) is 0 Å². The van der Waals surface area contributed by atoms with Gasteiger partial charge in [0.2, 0.25) is 5.82 Å². The number of aromatic nitrogens is 8. The number of rotatable bonds is 7. The minimum absolute atomic E-state index is 0.225. The van der Waals surface area contributed by atoms with Gasteiger partial charge in [-0.15, -0.1) is 15.0 Å². The number of amides is 1. The number of hydrogen-bond acceptors (Lipinski definition) is 6. The van der Waals surface area contributed by atoms with Crippen molar-refractivity contribution in [2.45, 2.75) is 13.2 Å². The summed E-state index contributed by atoms with van der Waals surface area (Å²) in [5, 5.41) is 24.6. The van der Waals surface area contributed by atoms with Crippen molar-refractivity contribution in [1.82, 2.24) is 39.8 Å². The molecule has 1 amide bonds. The molecule has 10 nitrogen and oxygen atoms in total. The molecule has 0 bridgehead atoms. The van der Waals surface area contributed by atoms with E-state index < -0.39 is 0 Å². The van der Waals surface area contributed by atoms with Gasteiger partial charge >= 0.3 is 0 Å². The third-order valence-electron chi connectivity index (χ3n) is 4.77. The van der Waals surface area contributed by atoms with Crippen LogP contribution in [0.25, 0.3) is 11.4 Å². The molecule has 0 fully saturated rings. The fourth-order valence-corrected chi connectivity index (χ4v) is 3.30. The Labute approximate surface area is 193 Å². The van der Waals surface area contributed by atoms with Crippen molar-refractivity contribution in [3.05, 3.63) is 95.4 Å². The summed E-state index contributed by atoms with van der Waals surface area (Å²) in [6, 6.07) is 20.4. The van der Waals surface area contributed by atoms with E-state index in [2.05, 4.69) is 30.9 Å². The number of nitrogens with one attached hydrogen (secondary N) is 1. The Kier molecular flexibility index (Phi) is 5.64. The molecule has 3 aromatic heterocycles. The van der Waals surface area contributed by atoms with Crippen LogP contribution in [0, 0.1) is 0 Å². The molecule has 0 atom stereocenters. The SMILES string of the molecule is O=C(Nc1ccn(Cc2ccc(Cl)cc2)n1)c1ccn(Cn2nnc(-c3ccccc3)n2)n1. The summed E-state index contributed by atoms with van der Waals surface area (Å²) >= 11 is 5.92. The van der Waals surface area contributed by atoms with Gasteiger partial charge in [-0.05, 0) is 29.0 Å². The lowest BCUT2D eigenvalue weighted by Gasteiger charge is -2.02. The first kappa shape index (κ1) is 20.6. The fraction of sp³-hybridized carbons (Fsp3) is 0.0909. The second-order valence-corrected chi connectivity index (χ2v) is 7.65. The molecule has 0 aliphatic rings. The van der Waals surface area contributed by atoms with Gasteiger partial charge in [-0.3, -0.25) is 9.48 Å². The van der Waals surface area contributed by atoms with Crippen LogP contribution in [0.3, 0.4) is 0 Å². The molecule has 0 saturated heterocycles. The monoisotopic (exact) mass is 459 g/mol. The third kappa shape index (κ3) is 4.96. The number of hydrogen-bond donors (Lipinski definition) is 1. The lowest BCUT2D eigenvalue weighted by atomic mass is 10.2. The summed E-state index contributed by atoms with van der Waals surface area (Å²) in [6.45, 7) is 0.792. The quantitative estimate of drug-likeness (QED) is 0.400. The largest absolute Gasteiger partial charge is 0.304 e. The number of halogens is 1. The molecule has 5 rings (SSSR count). The lowest BCUT2D eigenvalue weighted by molar-refractivity contribution is 0.102. The van der Waals surface area contributed by atoms with Crippen LogP contribution < -0.4 is 5.32 Å². The van der Waals surface area contributed by atoms with Gasteiger partial charge in [0.1, 0.15) is 0 Å². The highest BCUT2D eigenvalue weighted by Crippen LogP contribution is 2.13. The third-order valence-corrected chi connectivity index (χ3v) is 5.02. The molecule has 2 aromatic carbocycles. The fourth-order valence-electron chi connectivity index (χ4n) is 3.17. The van der Waals surface area contributed by atoms with Crippen molar-refractivity contribution in [3.8, 4) is 11.4 Å². The topological polar surface area (TPSA) is 108 Å². The van der Waals surface area contributed by atoms with Crippen molar-refractivity contribution in [2.24, 2.45) is 0 Å². The minimum Gasteiger partial charge on any atom is -0.304 e. The van der Waals surface area contributed by atoms with Crippen molar-refractivity contribution in [2.75, 3.05) is 5.32 Å². The first-order valence-corrected chi connectivity index (χ1v) is 10.5. The zero-order chi connectivity index (χ0) is 22.6. The van der Waals surface area contributed by atoms with E-state index in [1.807, 2.05) is 54.6 Å². The predicted molar refractivity (Wildman–Crippen MR) is 122 cm³/mol. The molecule has 0 radical (unpaired) electrons. The normalized spacial score (nSPS) is 10.9. The second kappa shape index (κ2) is 9.05. The highest BCUT2D eigenvalue weighted by Gasteiger charge is 2.13. The maximum Gasteiger partial charge on any atom is 0.277 e. The molecular formula is C22H18ClN9O. The Morgan fingerprint density at radius 1 is 0.879 bits per heavy atom. The summed E-state index contributed by atoms with van der Waals surface area (Å²) < 4.78 is 3.29. The molecule has 1 N–H and O–H groups in total. The van der Waals surface area contributed by atoms with E-state index in [4.69, 9.17) is 11.6 Å². The van der Waals surface area contributed by atoms with Crippen LogP contribution in [0.2, 0.25) is 5.02 Å². The van der Waals surface area contributed by atoms with Crippen LogP contribution in [0.15, 0.2) is 79.1 Å². The van der Waals surface area contributed by atoms with Gasteiger partial charge in [-0.25, -0.2) is 4.68 Å².